The number of H-pyrrole nitrogens is 1. The van der Waals surface area contributed by atoms with E-state index in [2.05, 4.69) is 4.98 Å². The predicted octanol–water partition coefficient (Wildman–Crippen LogP) is 3.09. The molecule has 2 aromatic carbocycles. The first-order valence-corrected chi connectivity index (χ1v) is 8.71. The number of aromatic hydroxyl groups is 1. The van der Waals surface area contributed by atoms with Crippen molar-refractivity contribution in [3.05, 3.63) is 77.5 Å². The van der Waals surface area contributed by atoms with E-state index in [1.807, 2.05) is 6.92 Å². The van der Waals surface area contributed by atoms with Crippen molar-refractivity contribution in [2.75, 3.05) is 0 Å². The van der Waals surface area contributed by atoms with Crippen molar-refractivity contribution in [2.45, 2.75) is 16.8 Å². The Bertz CT molecular complexity index is 1000. The summed E-state index contributed by atoms with van der Waals surface area (Å²) in [4.78, 5) is 15.2. The zero-order chi connectivity index (χ0) is 17.3. The standard InChI is InChI=1S/C18H15NO4S/c1-12-6-8-14(9-7-12)24(22,23)17-10-13(11-19-17)18(21)15-4-2-3-5-16(15)20/h2-11,19-20H,1H3. The second-order valence-corrected chi connectivity index (χ2v) is 7.33. The Morgan fingerprint density at radius 3 is 2.38 bits per heavy atom. The smallest absolute Gasteiger partial charge is 0.221 e. The zero-order valence-electron chi connectivity index (χ0n) is 12.9. The second-order valence-electron chi connectivity index (χ2n) is 5.42. The SMILES string of the molecule is Cc1ccc(S(=O)(=O)c2cc(C(=O)c3ccccc3O)c[nH]2)cc1. The van der Waals surface area contributed by atoms with Gasteiger partial charge in [0.2, 0.25) is 9.84 Å². The molecule has 0 saturated heterocycles. The Kier molecular flexibility index (Phi) is 3.99. The van der Waals surface area contributed by atoms with Crippen LogP contribution in [-0.4, -0.2) is 24.3 Å². The Labute approximate surface area is 139 Å². The maximum absolute atomic E-state index is 12.6. The van der Waals surface area contributed by atoms with Gasteiger partial charge >= 0.3 is 0 Å². The molecule has 0 aliphatic heterocycles. The molecule has 3 rings (SSSR count). The van der Waals surface area contributed by atoms with Crippen LogP contribution in [0.15, 0.2) is 70.7 Å². The number of phenolic OH excluding ortho intramolecular Hbond substituents is 1. The van der Waals surface area contributed by atoms with E-state index in [0.717, 1.165) is 5.56 Å². The number of sulfone groups is 1. The summed E-state index contributed by atoms with van der Waals surface area (Å²) in [5.74, 6) is -0.596. The summed E-state index contributed by atoms with van der Waals surface area (Å²) >= 11 is 0. The number of benzene rings is 2. The molecular formula is C18H15NO4S. The molecule has 0 fully saturated rings. The number of para-hydroxylation sites is 1. The third kappa shape index (κ3) is 2.83. The lowest BCUT2D eigenvalue weighted by Gasteiger charge is -2.02. The van der Waals surface area contributed by atoms with Crippen molar-refractivity contribution in [2.24, 2.45) is 0 Å². The van der Waals surface area contributed by atoms with Crippen LogP contribution in [0.3, 0.4) is 0 Å². The van der Waals surface area contributed by atoms with Gasteiger partial charge in [-0.15, -0.1) is 0 Å². The molecule has 0 aliphatic carbocycles. The van der Waals surface area contributed by atoms with E-state index in [4.69, 9.17) is 0 Å². The molecule has 6 heteroatoms. The van der Waals surface area contributed by atoms with Gasteiger partial charge in [0.1, 0.15) is 10.8 Å². The maximum atomic E-state index is 12.6. The van der Waals surface area contributed by atoms with Gasteiger partial charge < -0.3 is 10.1 Å². The van der Waals surface area contributed by atoms with Crippen LogP contribution in [0.4, 0.5) is 0 Å². The van der Waals surface area contributed by atoms with Gasteiger partial charge in [-0.1, -0.05) is 29.8 Å². The fraction of sp³-hybridized carbons (Fsp3) is 0.0556. The molecule has 24 heavy (non-hydrogen) atoms. The van der Waals surface area contributed by atoms with Crippen LogP contribution in [0.1, 0.15) is 21.5 Å². The number of ketones is 1. The van der Waals surface area contributed by atoms with E-state index < -0.39 is 15.6 Å². The molecule has 0 radical (unpaired) electrons. The van der Waals surface area contributed by atoms with E-state index >= 15 is 0 Å². The molecule has 3 aromatic rings. The first kappa shape index (κ1) is 16.0. The van der Waals surface area contributed by atoms with Crippen LogP contribution in [0.2, 0.25) is 0 Å². The summed E-state index contributed by atoms with van der Waals surface area (Å²) < 4.78 is 25.2. The summed E-state index contributed by atoms with van der Waals surface area (Å²) in [5, 5.41) is 9.70. The number of carbonyl (C=O) groups is 1. The number of hydrogen-bond donors (Lipinski definition) is 2. The minimum atomic E-state index is -3.73. The summed E-state index contributed by atoms with van der Waals surface area (Å²) in [6.07, 6.45) is 1.33. The Balaban J connectivity index is 1.97. The average Bonchev–Trinajstić information content (AvgIpc) is 3.06. The second kappa shape index (κ2) is 5.98. The zero-order valence-corrected chi connectivity index (χ0v) is 13.7. The van der Waals surface area contributed by atoms with E-state index in [0.29, 0.717) is 0 Å². The molecule has 0 aliphatic rings. The van der Waals surface area contributed by atoms with Crippen LogP contribution in [-0.2, 0) is 9.84 Å². The first-order chi connectivity index (χ1) is 11.4. The van der Waals surface area contributed by atoms with Crippen molar-refractivity contribution in [3.63, 3.8) is 0 Å². The van der Waals surface area contributed by atoms with Crippen molar-refractivity contribution in [3.8, 4) is 5.75 Å². The van der Waals surface area contributed by atoms with Gasteiger partial charge in [0.25, 0.3) is 0 Å². The number of nitrogens with one attached hydrogen (secondary N) is 1. The van der Waals surface area contributed by atoms with Gasteiger partial charge in [0.05, 0.1) is 10.5 Å². The van der Waals surface area contributed by atoms with Gasteiger partial charge in [-0.25, -0.2) is 8.42 Å². The highest BCUT2D eigenvalue weighted by atomic mass is 32.2. The topological polar surface area (TPSA) is 87.2 Å². The van der Waals surface area contributed by atoms with Crippen LogP contribution >= 0.6 is 0 Å². The number of rotatable bonds is 4. The molecule has 2 N–H and O–H groups in total. The van der Waals surface area contributed by atoms with Crippen molar-refractivity contribution < 1.29 is 18.3 Å². The van der Waals surface area contributed by atoms with Gasteiger partial charge in [-0.2, -0.15) is 0 Å². The van der Waals surface area contributed by atoms with Crippen molar-refractivity contribution in [1.29, 1.82) is 0 Å². The molecule has 5 nitrogen and oxygen atoms in total. The van der Waals surface area contributed by atoms with E-state index in [1.54, 1.807) is 24.3 Å². The minimum Gasteiger partial charge on any atom is -0.507 e. The van der Waals surface area contributed by atoms with E-state index in [-0.39, 0.29) is 26.8 Å². The van der Waals surface area contributed by atoms with Gasteiger partial charge in [0, 0.05) is 11.8 Å². The normalized spacial score (nSPS) is 11.4. The molecule has 0 saturated carbocycles. The van der Waals surface area contributed by atoms with Crippen molar-refractivity contribution >= 4 is 15.6 Å². The van der Waals surface area contributed by atoms with Crippen molar-refractivity contribution in [1.82, 2.24) is 4.98 Å². The quantitative estimate of drug-likeness (QED) is 0.714. The van der Waals surface area contributed by atoms with Crippen LogP contribution in [0.25, 0.3) is 0 Å². The molecule has 1 heterocycles. The monoisotopic (exact) mass is 341 g/mol. The number of aryl methyl sites for hydroxylation is 1. The molecule has 122 valence electrons. The molecule has 0 amide bonds. The number of phenols is 1. The molecule has 0 bridgehead atoms. The Hall–Kier alpha value is -2.86. The highest BCUT2D eigenvalue weighted by Gasteiger charge is 2.22. The minimum absolute atomic E-state index is 0.0647. The first-order valence-electron chi connectivity index (χ1n) is 7.22. The number of carbonyl (C=O) groups excluding carboxylic acids is 1. The molecular weight excluding hydrogens is 326 g/mol. The van der Waals surface area contributed by atoms with Crippen LogP contribution in [0, 0.1) is 6.92 Å². The molecule has 0 unspecified atom stereocenters. The Morgan fingerprint density at radius 2 is 1.71 bits per heavy atom. The summed E-state index contributed by atoms with van der Waals surface area (Å²) in [6.45, 7) is 1.87. The number of hydrogen-bond acceptors (Lipinski definition) is 4. The van der Waals surface area contributed by atoms with Crippen LogP contribution in [0.5, 0.6) is 5.75 Å². The summed E-state index contributed by atoms with van der Waals surface area (Å²) in [6, 6.07) is 13.9. The van der Waals surface area contributed by atoms with Gasteiger partial charge in [0.15, 0.2) is 5.78 Å². The highest BCUT2D eigenvalue weighted by molar-refractivity contribution is 7.91. The summed E-state index contributed by atoms with van der Waals surface area (Å²) in [7, 11) is -3.73. The fourth-order valence-corrected chi connectivity index (χ4v) is 3.57. The highest BCUT2D eigenvalue weighted by Crippen LogP contribution is 2.24. The lowest BCUT2D eigenvalue weighted by atomic mass is 10.1. The van der Waals surface area contributed by atoms with Gasteiger partial charge in [-0.3, -0.25) is 4.79 Å². The largest absolute Gasteiger partial charge is 0.507 e. The Morgan fingerprint density at radius 1 is 1.04 bits per heavy atom. The lowest BCUT2D eigenvalue weighted by Crippen LogP contribution is -2.03. The third-order valence-electron chi connectivity index (χ3n) is 3.69. The molecule has 1 aromatic heterocycles. The summed E-state index contributed by atoms with van der Waals surface area (Å²) in [5.41, 5.74) is 1.24. The van der Waals surface area contributed by atoms with Crippen LogP contribution < -0.4 is 0 Å². The third-order valence-corrected chi connectivity index (χ3v) is 5.40. The van der Waals surface area contributed by atoms with E-state index in [1.165, 1.54) is 36.5 Å². The average molecular weight is 341 g/mol. The molecule has 0 atom stereocenters. The number of aromatic nitrogens is 1. The van der Waals surface area contributed by atoms with Gasteiger partial charge in [-0.05, 0) is 37.3 Å². The predicted molar refractivity (Wildman–Crippen MR) is 89.0 cm³/mol. The lowest BCUT2D eigenvalue weighted by molar-refractivity contribution is 0.103. The molecule has 0 spiro atoms. The van der Waals surface area contributed by atoms with E-state index in [9.17, 15) is 18.3 Å². The number of aromatic amines is 1. The fourth-order valence-electron chi connectivity index (χ4n) is 2.33. The maximum Gasteiger partial charge on any atom is 0.221 e.